The summed E-state index contributed by atoms with van der Waals surface area (Å²) in [6, 6.07) is 30.3. The van der Waals surface area contributed by atoms with Crippen LogP contribution in [0.15, 0.2) is 105 Å². The molecular weight excluding hydrogens is 328 g/mol. The fraction of sp³-hybridized carbons (Fsp3) is 0.0909. The lowest BCUT2D eigenvalue weighted by Gasteiger charge is -2.11. The van der Waals surface area contributed by atoms with E-state index in [4.69, 9.17) is 0 Å². The lowest BCUT2D eigenvalue weighted by Crippen LogP contribution is -1.97. The van der Waals surface area contributed by atoms with Gasteiger partial charge in [0.05, 0.1) is 0 Å². The molecule has 0 saturated carbocycles. The van der Waals surface area contributed by atoms with E-state index in [0.717, 1.165) is 12.8 Å². The molecule has 2 heteroatoms. The highest BCUT2D eigenvalue weighted by molar-refractivity contribution is 8.24. The van der Waals surface area contributed by atoms with Crippen molar-refractivity contribution in [3.63, 3.8) is 0 Å². The maximum absolute atomic E-state index is 2.23. The van der Waals surface area contributed by atoms with Crippen molar-refractivity contribution in [2.75, 3.05) is 0 Å². The zero-order valence-electron chi connectivity index (χ0n) is 13.3. The SMILES string of the molecule is c1ccc(CC(Cc2ccccc2)=C2Sc3ccccc3S2)cc1. The van der Waals surface area contributed by atoms with Gasteiger partial charge in [-0.3, -0.25) is 0 Å². The second-order valence-corrected chi connectivity index (χ2v) is 8.23. The van der Waals surface area contributed by atoms with Crippen molar-refractivity contribution in [2.24, 2.45) is 0 Å². The maximum Gasteiger partial charge on any atom is 0.0498 e. The third kappa shape index (κ3) is 3.61. The smallest absolute Gasteiger partial charge is 0.0498 e. The van der Waals surface area contributed by atoms with Gasteiger partial charge in [-0.15, -0.1) is 0 Å². The average Bonchev–Trinajstić information content (AvgIpc) is 3.07. The zero-order chi connectivity index (χ0) is 16.2. The molecule has 0 N–H and O–H groups in total. The summed E-state index contributed by atoms with van der Waals surface area (Å²) in [7, 11) is 0. The number of rotatable bonds is 4. The first-order valence-electron chi connectivity index (χ1n) is 8.13. The highest BCUT2D eigenvalue weighted by Crippen LogP contribution is 2.52. The van der Waals surface area contributed by atoms with Crippen LogP contribution in [0, 0.1) is 0 Å². The minimum absolute atomic E-state index is 1.01. The minimum Gasteiger partial charge on any atom is -0.0816 e. The molecule has 0 atom stereocenters. The molecule has 1 aliphatic rings. The minimum atomic E-state index is 1.01. The van der Waals surface area contributed by atoms with E-state index in [9.17, 15) is 0 Å². The Morgan fingerprint density at radius 2 is 0.958 bits per heavy atom. The first-order valence-corrected chi connectivity index (χ1v) is 9.76. The van der Waals surface area contributed by atoms with Crippen molar-refractivity contribution in [1.82, 2.24) is 0 Å². The maximum atomic E-state index is 2.23. The van der Waals surface area contributed by atoms with Crippen LogP contribution in [-0.2, 0) is 12.8 Å². The number of thioether (sulfide) groups is 2. The summed E-state index contributed by atoms with van der Waals surface area (Å²) in [5, 5.41) is 0. The fourth-order valence-corrected chi connectivity index (χ4v) is 5.44. The van der Waals surface area contributed by atoms with Gasteiger partial charge in [0.1, 0.15) is 0 Å². The summed E-state index contributed by atoms with van der Waals surface area (Å²) in [4.78, 5) is 2.77. The van der Waals surface area contributed by atoms with Gasteiger partial charge in [0, 0.05) is 14.0 Å². The highest BCUT2D eigenvalue weighted by Gasteiger charge is 2.20. The number of fused-ring (bicyclic) bond motifs is 1. The van der Waals surface area contributed by atoms with Crippen LogP contribution in [-0.4, -0.2) is 0 Å². The molecule has 1 heterocycles. The van der Waals surface area contributed by atoms with Gasteiger partial charge in [-0.25, -0.2) is 0 Å². The van der Waals surface area contributed by atoms with Crippen LogP contribution in [0.2, 0.25) is 0 Å². The van der Waals surface area contributed by atoms with Gasteiger partial charge < -0.3 is 0 Å². The Morgan fingerprint density at radius 1 is 0.542 bits per heavy atom. The van der Waals surface area contributed by atoms with Crippen molar-refractivity contribution in [3.05, 3.63) is 106 Å². The molecule has 3 aromatic carbocycles. The molecule has 0 nitrogen and oxygen atoms in total. The Bertz CT molecular complexity index is 781. The second-order valence-electron chi connectivity index (χ2n) is 5.87. The summed E-state index contributed by atoms with van der Waals surface area (Å²) in [5.74, 6) is 0. The predicted octanol–water partition coefficient (Wildman–Crippen LogP) is 6.58. The second kappa shape index (κ2) is 7.33. The average molecular weight is 347 g/mol. The molecule has 0 spiro atoms. The van der Waals surface area contributed by atoms with E-state index < -0.39 is 0 Å². The van der Waals surface area contributed by atoms with Gasteiger partial charge in [0.2, 0.25) is 0 Å². The molecule has 3 aromatic rings. The van der Waals surface area contributed by atoms with Crippen LogP contribution >= 0.6 is 23.5 Å². The highest BCUT2D eigenvalue weighted by atomic mass is 32.2. The summed E-state index contributed by atoms with van der Waals surface area (Å²) < 4.78 is 1.45. The van der Waals surface area contributed by atoms with Gasteiger partial charge >= 0.3 is 0 Å². The van der Waals surface area contributed by atoms with Gasteiger partial charge in [-0.2, -0.15) is 0 Å². The van der Waals surface area contributed by atoms with E-state index in [1.165, 1.54) is 30.7 Å². The Labute approximate surface area is 152 Å². The number of allylic oxidation sites excluding steroid dienone is 1. The third-order valence-electron chi connectivity index (χ3n) is 4.06. The number of hydrogen-bond donors (Lipinski definition) is 0. The molecule has 4 rings (SSSR count). The molecule has 0 fully saturated rings. The summed E-state index contributed by atoms with van der Waals surface area (Å²) in [6.45, 7) is 0. The van der Waals surface area contributed by atoms with Gasteiger partial charge in [0.15, 0.2) is 0 Å². The van der Waals surface area contributed by atoms with Crippen LogP contribution in [0.4, 0.5) is 0 Å². The van der Waals surface area contributed by atoms with Crippen molar-refractivity contribution in [1.29, 1.82) is 0 Å². The van der Waals surface area contributed by atoms with Crippen molar-refractivity contribution in [2.45, 2.75) is 22.6 Å². The Hall–Kier alpha value is -1.90. The molecule has 0 aromatic heterocycles. The third-order valence-corrected chi connectivity index (χ3v) is 6.79. The molecule has 0 aliphatic carbocycles. The van der Waals surface area contributed by atoms with E-state index in [2.05, 4.69) is 84.9 Å². The quantitative estimate of drug-likeness (QED) is 0.523. The molecular formula is C22H18S2. The molecule has 0 bridgehead atoms. The van der Waals surface area contributed by atoms with Crippen molar-refractivity contribution < 1.29 is 0 Å². The van der Waals surface area contributed by atoms with Crippen LogP contribution in [0.25, 0.3) is 0 Å². The molecule has 0 amide bonds. The standard InChI is InChI=1S/C22H18S2/c1-3-9-17(10-4-1)15-19(16-18-11-5-2-6-12-18)22-23-20-13-7-8-14-21(20)24-22/h1-14H,15-16H2. The van der Waals surface area contributed by atoms with Crippen molar-refractivity contribution in [3.8, 4) is 0 Å². The Balaban J connectivity index is 1.67. The van der Waals surface area contributed by atoms with E-state index in [1.807, 2.05) is 23.5 Å². The molecule has 0 radical (unpaired) electrons. The van der Waals surface area contributed by atoms with Gasteiger partial charge in [-0.05, 0) is 41.7 Å². The molecule has 24 heavy (non-hydrogen) atoms. The summed E-state index contributed by atoms with van der Waals surface area (Å²) >= 11 is 3.85. The van der Waals surface area contributed by atoms with Crippen molar-refractivity contribution >= 4 is 23.5 Å². The number of hydrogen-bond acceptors (Lipinski definition) is 2. The number of benzene rings is 3. The summed E-state index contributed by atoms with van der Waals surface area (Å²) in [6.07, 6.45) is 2.03. The fourth-order valence-electron chi connectivity index (χ4n) is 2.88. The predicted molar refractivity (Wildman–Crippen MR) is 105 cm³/mol. The van der Waals surface area contributed by atoms with E-state index in [1.54, 1.807) is 0 Å². The Morgan fingerprint density at radius 3 is 1.42 bits per heavy atom. The van der Waals surface area contributed by atoms with E-state index in [0.29, 0.717) is 0 Å². The molecule has 0 saturated heterocycles. The molecule has 1 aliphatic heterocycles. The summed E-state index contributed by atoms with van der Waals surface area (Å²) in [5.41, 5.74) is 4.28. The van der Waals surface area contributed by atoms with Gasteiger partial charge in [-0.1, -0.05) is 96.3 Å². The zero-order valence-corrected chi connectivity index (χ0v) is 14.9. The molecule has 0 unspecified atom stereocenters. The molecule has 118 valence electrons. The lowest BCUT2D eigenvalue weighted by atomic mass is 10.00. The Kier molecular flexibility index (Phi) is 4.77. The van der Waals surface area contributed by atoms with E-state index in [-0.39, 0.29) is 0 Å². The topological polar surface area (TPSA) is 0 Å². The van der Waals surface area contributed by atoms with Crippen LogP contribution in [0.3, 0.4) is 0 Å². The van der Waals surface area contributed by atoms with Crippen LogP contribution < -0.4 is 0 Å². The normalized spacial score (nSPS) is 12.9. The van der Waals surface area contributed by atoms with E-state index >= 15 is 0 Å². The monoisotopic (exact) mass is 346 g/mol. The lowest BCUT2D eigenvalue weighted by molar-refractivity contribution is 1.04. The van der Waals surface area contributed by atoms with Gasteiger partial charge in [0.25, 0.3) is 0 Å². The van der Waals surface area contributed by atoms with Crippen LogP contribution in [0.5, 0.6) is 0 Å². The van der Waals surface area contributed by atoms with Crippen LogP contribution in [0.1, 0.15) is 11.1 Å². The first-order chi connectivity index (χ1) is 11.9. The largest absolute Gasteiger partial charge is 0.0816 e. The first kappa shape index (κ1) is 15.6.